The second kappa shape index (κ2) is 6.23. The molecule has 3 atom stereocenters. The minimum absolute atomic E-state index is 0.0840. The van der Waals surface area contributed by atoms with Crippen LogP contribution in [0, 0.1) is 29.0 Å². The fourth-order valence-electron chi connectivity index (χ4n) is 3.43. The molecule has 1 heterocycles. The third-order valence-corrected chi connectivity index (χ3v) is 4.80. The number of hydrogen-bond donors (Lipinski definition) is 0. The van der Waals surface area contributed by atoms with Gasteiger partial charge in [0.25, 0.3) is 0 Å². The Morgan fingerprint density at radius 2 is 2.12 bits per heavy atom. The third kappa shape index (κ3) is 2.99. The molecule has 1 aliphatic carbocycles. The van der Waals surface area contributed by atoms with Crippen LogP contribution in [0.15, 0.2) is 18.2 Å². The Morgan fingerprint density at radius 1 is 1.38 bits per heavy atom. The second-order valence-corrected chi connectivity index (χ2v) is 6.62. The van der Waals surface area contributed by atoms with Crippen molar-refractivity contribution in [3.8, 4) is 11.8 Å². The van der Waals surface area contributed by atoms with Crippen LogP contribution >= 0.6 is 0 Å². The van der Waals surface area contributed by atoms with Crippen LogP contribution in [0.4, 0.5) is 4.39 Å². The van der Waals surface area contributed by atoms with Crippen LogP contribution in [-0.4, -0.2) is 24.0 Å². The third-order valence-electron chi connectivity index (χ3n) is 4.80. The lowest BCUT2D eigenvalue weighted by molar-refractivity contribution is -0.169. The number of hydrogen-bond acceptors (Lipinski definition) is 5. The number of carbonyl (C=O) groups excluding carboxylic acids is 2. The quantitative estimate of drug-likeness (QED) is 0.796. The average molecular weight is 331 g/mol. The summed E-state index contributed by atoms with van der Waals surface area (Å²) < 4.78 is 24.6. The van der Waals surface area contributed by atoms with E-state index in [1.54, 1.807) is 13.0 Å². The molecule has 5 nitrogen and oxygen atoms in total. The van der Waals surface area contributed by atoms with E-state index in [9.17, 15) is 14.0 Å². The Morgan fingerprint density at radius 3 is 2.83 bits per heavy atom. The van der Waals surface area contributed by atoms with E-state index in [4.69, 9.17) is 14.7 Å². The van der Waals surface area contributed by atoms with E-state index in [-0.39, 0.29) is 41.5 Å². The molecule has 126 valence electrons. The summed E-state index contributed by atoms with van der Waals surface area (Å²) >= 11 is 0. The summed E-state index contributed by atoms with van der Waals surface area (Å²) in [6.07, 6.45) is 2.89. The Hall–Kier alpha value is -2.42. The first-order valence-electron chi connectivity index (χ1n) is 8.02. The Kier molecular flexibility index (Phi) is 4.27. The van der Waals surface area contributed by atoms with E-state index < -0.39 is 11.4 Å². The number of carbonyl (C=O) groups is 2. The van der Waals surface area contributed by atoms with E-state index in [2.05, 4.69) is 0 Å². The van der Waals surface area contributed by atoms with Gasteiger partial charge in [0, 0.05) is 12.0 Å². The minimum atomic E-state index is -1.37. The highest BCUT2D eigenvalue weighted by molar-refractivity contribution is 5.93. The van der Waals surface area contributed by atoms with Crippen molar-refractivity contribution in [2.75, 3.05) is 6.61 Å². The molecule has 1 unspecified atom stereocenters. The van der Waals surface area contributed by atoms with Crippen LogP contribution in [0.1, 0.15) is 38.2 Å². The van der Waals surface area contributed by atoms with E-state index in [1.165, 1.54) is 12.1 Å². The van der Waals surface area contributed by atoms with Gasteiger partial charge in [0.05, 0.1) is 11.5 Å². The van der Waals surface area contributed by atoms with E-state index >= 15 is 0 Å². The number of halogens is 1. The zero-order chi connectivity index (χ0) is 17.3. The van der Waals surface area contributed by atoms with Crippen molar-refractivity contribution < 1.29 is 23.5 Å². The summed E-state index contributed by atoms with van der Waals surface area (Å²) in [5.41, 5.74) is -1.45. The van der Waals surface area contributed by atoms with Crippen molar-refractivity contribution in [3.05, 3.63) is 29.6 Å². The summed E-state index contributed by atoms with van der Waals surface area (Å²) in [6, 6.07) is 5.57. The zero-order valence-electron chi connectivity index (χ0n) is 13.4. The second-order valence-electron chi connectivity index (χ2n) is 6.62. The first kappa shape index (κ1) is 16.4. The molecule has 0 radical (unpaired) electrons. The fourth-order valence-corrected chi connectivity index (χ4v) is 3.43. The van der Waals surface area contributed by atoms with Gasteiger partial charge in [0.15, 0.2) is 5.78 Å². The molecule has 2 bridgehead atoms. The van der Waals surface area contributed by atoms with Gasteiger partial charge in [-0.25, -0.2) is 4.39 Å². The number of fused-ring (bicyclic) bond motifs is 2. The molecule has 2 fully saturated rings. The topological polar surface area (TPSA) is 76.4 Å². The van der Waals surface area contributed by atoms with Gasteiger partial charge in [-0.05, 0) is 38.3 Å². The van der Waals surface area contributed by atoms with Crippen LogP contribution in [0.25, 0.3) is 0 Å². The predicted octanol–water partition coefficient (Wildman–Crippen LogP) is 2.77. The number of benzene rings is 1. The number of rotatable bonds is 3. The fraction of sp³-hybridized carbons (Fsp3) is 0.500. The van der Waals surface area contributed by atoms with Gasteiger partial charge in [0.2, 0.25) is 5.60 Å². The lowest BCUT2D eigenvalue weighted by Crippen LogP contribution is -2.46. The highest BCUT2D eigenvalue weighted by Crippen LogP contribution is 2.38. The number of nitriles is 1. The average Bonchev–Trinajstić information content (AvgIpc) is 2.64. The van der Waals surface area contributed by atoms with Gasteiger partial charge in [-0.15, -0.1) is 0 Å². The van der Waals surface area contributed by atoms with Crippen LogP contribution in [0.5, 0.6) is 5.75 Å². The maximum Gasteiger partial charge on any atom is 0.310 e. The van der Waals surface area contributed by atoms with E-state index in [1.807, 2.05) is 0 Å². The van der Waals surface area contributed by atoms with Crippen molar-refractivity contribution in [3.63, 3.8) is 0 Å². The molecule has 24 heavy (non-hydrogen) atoms. The molecule has 1 saturated carbocycles. The summed E-state index contributed by atoms with van der Waals surface area (Å²) in [5, 5.41) is 8.73. The van der Waals surface area contributed by atoms with Gasteiger partial charge < -0.3 is 9.47 Å². The monoisotopic (exact) mass is 331 g/mol. The summed E-state index contributed by atoms with van der Waals surface area (Å²) in [7, 11) is 0. The number of cyclic esters (lactones) is 1. The molecule has 0 aromatic heterocycles. The molecule has 3 rings (SSSR count). The molecular formula is C18H18FNO4. The lowest BCUT2D eigenvalue weighted by atomic mass is 9.77. The van der Waals surface area contributed by atoms with Crippen molar-refractivity contribution in [1.29, 1.82) is 5.26 Å². The van der Waals surface area contributed by atoms with Crippen LogP contribution in [0.2, 0.25) is 0 Å². The van der Waals surface area contributed by atoms with Gasteiger partial charge in [-0.3, -0.25) is 9.59 Å². The molecule has 1 saturated heterocycles. The smallest absolute Gasteiger partial charge is 0.310 e. The molecule has 6 heteroatoms. The number of nitrogens with zero attached hydrogens (tertiary/aromatic N) is 1. The summed E-state index contributed by atoms with van der Waals surface area (Å²) in [5.74, 6) is -1.41. The number of Topliss-reactive ketones (excluding diaryl/α,β-unsaturated/α-hetero) is 1. The molecule has 1 aromatic rings. The maximum absolute atomic E-state index is 13.6. The molecule has 0 spiro atoms. The van der Waals surface area contributed by atoms with Gasteiger partial charge in [0.1, 0.15) is 24.2 Å². The molecule has 0 N–H and O–H groups in total. The summed E-state index contributed by atoms with van der Waals surface area (Å²) in [6.45, 7) is 1.38. The van der Waals surface area contributed by atoms with Crippen molar-refractivity contribution in [2.45, 2.75) is 38.2 Å². The predicted molar refractivity (Wildman–Crippen MR) is 81.6 cm³/mol. The normalized spacial score (nSPS) is 29.4. The molecular weight excluding hydrogens is 313 g/mol. The highest BCUT2D eigenvalue weighted by atomic mass is 19.1. The number of ketones is 1. The number of ether oxygens (including phenoxy) is 2. The largest absolute Gasteiger partial charge is 0.489 e. The Labute approximate surface area is 139 Å². The van der Waals surface area contributed by atoms with Crippen molar-refractivity contribution >= 4 is 11.8 Å². The van der Waals surface area contributed by atoms with Crippen LogP contribution in [0.3, 0.4) is 0 Å². The molecule has 1 aromatic carbocycles. The minimum Gasteiger partial charge on any atom is -0.489 e. The first-order chi connectivity index (χ1) is 11.4. The van der Waals surface area contributed by atoms with Crippen molar-refractivity contribution in [2.24, 2.45) is 11.8 Å². The van der Waals surface area contributed by atoms with E-state index in [0.29, 0.717) is 6.42 Å². The SMILES string of the molecule is C[C@@]1(COc2ccc(C#N)c(F)c2)OC(=O)[C@H]2CCCC(C2)C1=O. The van der Waals surface area contributed by atoms with Crippen LogP contribution < -0.4 is 4.74 Å². The van der Waals surface area contributed by atoms with Gasteiger partial charge in [-0.1, -0.05) is 6.42 Å². The van der Waals surface area contributed by atoms with Crippen LogP contribution in [-0.2, 0) is 14.3 Å². The van der Waals surface area contributed by atoms with Crippen molar-refractivity contribution in [1.82, 2.24) is 0 Å². The Balaban J connectivity index is 1.77. The van der Waals surface area contributed by atoms with E-state index in [0.717, 1.165) is 25.3 Å². The zero-order valence-corrected chi connectivity index (χ0v) is 13.4. The molecule has 1 aliphatic heterocycles. The van der Waals surface area contributed by atoms with Gasteiger partial charge in [-0.2, -0.15) is 5.26 Å². The van der Waals surface area contributed by atoms with Gasteiger partial charge >= 0.3 is 5.97 Å². The maximum atomic E-state index is 13.6. The number of esters is 1. The Bertz CT molecular complexity index is 726. The lowest BCUT2D eigenvalue weighted by Gasteiger charge is -2.28. The first-order valence-corrected chi connectivity index (χ1v) is 8.02. The highest BCUT2D eigenvalue weighted by Gasteiger charge is 2.48. The molecule has 0 amide bonds. The molecule has 2 aliphatic rings. The summed E-state index contributed by atoms with van der Waals surface area (Å²) in [4.78, 5) is 24.9. The standard InChI is InChI=1S/C18H18FNO4/c1-18(10-23-14-6-5-13(9-20)15(19)8-14)16(21)11-3-2-4-12(7-11)17(22)24-18/h5-6,8,11-12H,2-4,7,10H2,1H3/t11?,12-,18-/m0/s1.